The number of nitrogens with zero attached hydrogens (tertiary/aromatic N) is 2. The zero-order valence-electron chi connectivity index (χ0n) is 11.7. The van der Waals surface area contributed by atoms with Gasteiger partial charge in [-0.2, -0.15) is 0 Å². The predicted molar refractivity (Wildman–Crippen MR) is 73.0 cm³/mol. The van der Waals surface area contributed by atoms with Gasteiger partial charge in [-0.15, -0.1) is 0 Å². The number of phenolic OH excluding ortho intramolecular Hbond substituents is 1. The van der Waals surface area contributed by atoms with Crippen molar-refractivity contribution in [2.75, 3.05) is 19.7 Å². The van der Waals surface area contributed by atoms with E-state index in [-0.39, 0.29) is 31.0 Å². The molecule has 0 spiro atoms. The zero-order valence-corrected chi connectivity index (χ0v) is 11.7. The van der Waals surface area contributed by atoms with Crippen molar-refractivity contribution in [3.63, 3.8) is 0 Å². The Morgan fingerprint density at radius 2 is 2.05 bits per heavy atom. The number of carbonyl (C=O) groups is 2. The van der Waals surface area contributed by atoms with Gasteiger partial charge in [0.05, 0.1) is 11.5 Å². The molecule has 1 rings (SSSR count). The number of phenols is 1. The SMILES string of the molecule is CCOC(=O)CN(CC)C(=O)c1cc(O)ccc1[N+](=O)[O-]. The molecule has 0 aromatic heterocycles. The van der Waals surface area contributed by atoms with Gasteiger partial charge in [0.2, 0.25) is 0 Å². The summed E-state index contributed by atoms with van der Waals surface area (Å²) in [6, 6.07) is 3.17. The molecule has 21 heavy (non-hydrogen) atoms. The summed E-state index contributed by atoms with van der Waals surface area (Å²) >= 11 is 0. The highest BCUT2D eigenvalue weighted by Crippen LogP contribution is 2.24. The van der Waals surface area contributed by atoms with Gasteiger partial charge in [0.25, 0.3) is 11.6 Å². The summed E-state index contributed by atoms with van der Waals surface area (Å²) in [5, 5.41) is 20.3. The molecular formula is C13H16N2O6. The number of hydrogen-bond donors (Lipinski definition) is 1. The average molecular weight is 296 g/mol. The van der Waals surface area contributed by atoms with Crippen LogP contribution in [0.3, 0.4) is 0 Å². The van der Waals surface area contributed by atoms with E-state index in [1.807, 2.05) is 0 Å². The number of amides is 1. The fourth-order valence-electron chi connectivity index (χ4n) is 1.71. The summed E-state index contributed by atoms with van der Waals surface area (Å²) in [5.74, 6) is -1.58. The van der Waals surface area contributed by atoms with Crippen LogP contribution in [-0.4, -0.2) is 46.5 Å². The lowest BCUT2D eigenvalue weighted by atomic mass is 10.1. The van der Waals surface area contributed by atoms with E-state index in [1.54, 1.807) is 13.8 Å². The molecule has 8 heteroatoms. The predicted octanol–water partition coefficient (Wildman–Crippen LogP) is 1.33. The first-order valence-corrected chi connectivity index (χ1v) is 6.33. The smallest absolute Gasteiger partial charge is 0.325 e. The number of likely N-dealkylation sites (N-methyl/N-ethyl adjacent to an activating group) is 1. The van der Waals surface area contributed by atoms with Crippen molar-refractivity contribution in [1.82, 2.24) is 4.90 Å². The Morgan fingerprint density at radius 3 is 2.57 bits per heavy atom. The number of hydrogen-bond acceptors (Lipinski definition) is 6. The van der Waals surface area contributed by atoms with Gasteiger partial charge < -0.3 is 14.7 Å². The van der Waals surface area contributed by atoms with Crippen LogP contribution >= 0.6 is 0 Å². The quantitative estimate of drug-likeness (QED) is 0.481. The summed E-state index contributed by atoms with van der Waals surface area (Å²) < 4.78 is 4.75. The Morgan fingerprint density at radius 1 is 1.38 bits per heavy atom. The van der Waals surface area contributed by atoms with Crippen LogP contribution in [0.25, 0.3) is 0 Å². The lowest BCUT2D eigenvalue weighted by Gasteiger charge is -2.19. The maximum absolute atomic E-state index is 12.3. The second-order valence-electron chi connectivity index (χ2n) is 4.08. The number of benzene rings is 1. The first kappa shape index (κ1) is 16.4. The number of esters is 1. The molecular weight excluding hydrogens is 280 g/mol. The van der Waals surface area contributed by atoms with Gasteiger partial charge in [-0.3, -0.25) is 19.7 Å². The molecule has 0 aliphatic rings. The van der Waals surface area contributed by atoms with Gasteiger partial charge >= 0.3 is 5.97 Å². The van der Waals surface area contributed by atoms with Crippen LogP contribution in [-0.2, 0) is 9.53 Å². The second-order valence-corrected chi connectivity index (χ2v) is 4.08. The summed E-state index contributed by atoms with van der Waals surface area (Å²) in [4.78, 5) is 35.1. The number of nitro groups is 1. The van der Waals surface area contributed by atoms with Crippen molar-refractivity contribution in [2.45, 2.75) is 13.8 Å². The fourth-order valence-corrected chi connectivity index (χ4v) is 1.71. The maximum atomic E-state index is 12.3. The summed E-state index contributed by atoms with van der Waals surface area (Å²) in [6.45, 7) is 3.30. The van der Waals surface area contributed by atoms with Crippen LogP contribution in [0, 0.1) is 10.1 Å². The van der Waals surface area contributed by atoms with E-state index in [9.17, 15) is 24.8 Å². The Kier molecular flexibility index (Phi) is 5.65. The Balaban J connectivity index is 3.07. The number of nitro benzene ring substituents is 1. The van der Waals surface area contributed by atoms with Crippen molar-refractivity contribution in [3.05, 3.63) is 33.9 Å². The van der Waals surface area contributed by atoms with Gasteiger partial charge in [-0.05, 0) is 26.0 Å². The molecule has 0 heterocycles. The van der Waals surface area contributed by atoms with Gasteiger partial charge in [-0.25, -0.2) is 0 Å². The average Bonchev–Trinajstić information content (AvgIpc) is 2.43. The normalized spacial score (nSPS) is 10.0. The lowest BCUT2D eigenvalue weighted by Crippen LogP contribution is -2.36. The lowest BCUT2D eigenvalue weighted by molar-refractivity contribution is -0.385. The maximum Gasteiger partial charge on any atom is 0.325 e. The van der Waals surface area contributed by atoms with Crippen LogP contribution in [0.1, 0.15) is 24.2 Å². The third-order valence-electron chi connectivity index (χ3n) is 2.70. The molecule has 0 unspecified atom stereocenters. The van der Waals surface area contributed by atoms with E-state index in [4.69, 9.17) is 4.74 Å². The van der Waals surface area contributed by atoms with Crippen LogP contribution in [0.5, 0.6) is 5.75 Å². The molecule has 0 fully saturated rings. The Hall–Kier alpha value is -2.64. The van der Waals surface area contributed by atoms with Crippen LogP contribution in [0.15, 0.2) is 18.2 Å². The first-order chi connectivity index (χ1) is 9.90. The van der Waals surface area contributed by atoms with Crippen molar-refractivity contribution in [2.24, 2.45) is 0 Å². The molecule has 1 aromatic rings. The fraction of sp³-hybridized carbons (Fsp3) is 0.385. The van der Waals surface area contributed by atoms with E-state index in [0.717, 1.165) is 23.1 Å². The first-order valence-electron chi connectivity index (χ1n) is 6.33. The third kappa shape index (κ3) is 4.16. The minimum atomic E-state index is -0.717. The standard InChI is InChI=1S/C13H16N2O6/c1-3-14(8-12(17)21-4-2)13(18)10-7-9(16)5-6-11(10)15(19)20/h5-7,16H,3-4,8H2,1-2H3. The van der Waals surface area contributed by atoms with E-state index in [1.165, 1.54) is 0 Å². The molecule has 114 valence electrons. The Bertz CT molecular complexity index is 558. The number of ether oxygens (including phenoxy) is 1. The molecule has 0 aliphatic carbocycles. The summed E-state index contributed by atoms with van der Waals surface area (Å²) in [5.41, 5.74) is -0.703. The van der Waals surface area contributed by atoms with E-state index in [2.05, 4.69) is 0 Å². The number of carbonyl (C=O) groups excluding carboxylic acids is 2. The number of aromatic hydroxyl groups is 1. The highest BCUT2D eigenvalue weighted by Gasteiger charge is 2.26. The zero-order chi connectivity index (χ0) is 16.0. The topological polar surface area (TPSA) is 110 Å². The van der Waals surface area contributed by atoms with Crippen molar-refractivity contribution in [1.29, 1.82) is 0 Å². The third-order valence-corrected chi connectivity index (χ3v) is 2.70. The van der Waals surface area contributed by atoms with Crippen molar-refractivity contribution >= 4 is 17.6 Å². The highest BCUT2D eigenvalue weighted by molar-refractivity contribution is 5.99. The molecule has 1 aromatic carbocycles. The summed E-state index contributed by atoms with van der Waals surface area (Å²) in [6.07, 6.45) is 0. The van der Waals surface area contributed by atoms with Crippen LogP contribution < -0.4 is 0 Å². The molecule has 0 bridgehead atoms. The second kappa shape index (κ2) is 7.22. The van der Waals surface area contributed by atoms with E-state index in [0.29, 0.717) is 0 Å². The van der Waals surface area contributed by atoms with Crippen LogP contribution in [0.4, 0.5) is 5.69 Å². The van der Waals surface area contributed by atoms with Gasteiger partial charge in [0, 0.05) is 12.6 Å². The summed E-state index contributed by atoms with van der Waals surface area (Å²) in [7, 11) is 0. The van der Waals surface area contributed by atoms with Gasteiger partial charge in [0.1, 0.15) is 17.9 Å². The monoisotopic (exact) mass is 296 g/mol. The Labute approximate surface area is 121 Å². The highest BCUT2D eigenvalue weighted by atomic mass is 16.6. The molecule has 1 N–H and O–H groups in total. The molecule has 0 radical (unpaired) electrons. The van der Waals surface area contributed by atoms with Gasteiger partial charge in [0.15, 0.2) is 0 Å². The molecule has 0 atom stereocenters. The van der Waals surface area contributed by atoms with E-state index >= 15 is 0 Å². The van der Waals surface area contributed by atoms with Crippen molar-refractivity contribution in [3.8, 4) is 5.75 Å². The minimum Gasteiger partial charge on any atom is -0.508 e. The molecule has 8 nitrogen and oxygen atoms in total. The van der Waals surface area contributed by atoms with Crippen LogP contribution in [0.2, 0.25) is 0 Å². The molecule has 1 amide bonds. The molecule has 0 aliphatic heterocycles. The minimum absolute atomic E-state index is 0.171. The van der Waals surface area contributed by atoms with Gasteiger partial charge in [-0.1, -0.05) is 0 Å². The molecule has 0 saturated carbocycles. The molecule has 0 saturated heterocycles. The number of rotatable bonds is 6. The van der Waals surface area contributed by atoms with E-state index < -0.39 is 22.5 Å². The van der Waals surface area contributed by atoms with Crippen molar-refractivity contribution < 1.29 is 24.4 Å². The largest absolute Gasteiger partial charge is 0.508 e.